The monoisotopic (exact) mass is 344 g/mol. The third-order valence-corrected chi connectivity index (χ3v) is 4.73. The zero-order chi connectivity index (χ0) is 15.1. The molecule has 0 bridgehead atoms. The predicted molar refractivity (Wildman–Crippen MR) is 81.5 cm³/mol. The van der Waals surface area contributed by atoms with Crippen molar-refractivity contribution in [3.8, 4) is 0 Å². The molecule has 0 spiro atoms. The first-order valence-electron chi connectivity index (χ1n) is 6.78. The first kappa shape index (κ1) is 15.9. The number of halogens is 2. The van der Waals surface area contributed by atoms with E-state index in [-0.39, 0.29) is 29.0 Å². The molecule has 1 aromatic rings. The number of benzene rings is 1. The summed E-state index contributed by atoms with van der Waals surface area (Å²) in [4.78, 5) is 0. The van der Waals surface area contributed by atoms with Crippen molar-refractivity contribution in [2.24, 2.45) is 11.8 Å². The molecule has 0 aliphatic carbocycles. The van der Waals surface area contributed by atoms with Crippen LogP contribution in [0.5, 0.6) is 0 Å². The van der Waals surface area contributed by atoms with Gasteiger partial charge in [0.2, 0.25) is 0 Å². The van der Waals surface area contributed by atoms with Crippen LogP contribution in [0.2, 0.25) is 0 Å². The molecule has 1 aliphatic heterocycles. The Morgan fingerprint density at radius 1 is 1.40 bits per heavy atom. The van der Waals surface area contributed by atoms with Crippen LogP contribution >= 0.6 is 15.9 Å². The minimum absolute atomic E-state index is 0.0794. The summed E-state index contributed by atoms with van der Waals surface area (Å²) >= 11 is 3.43. The Kier molecular flexibility index (Phi) is 4.27. The lowest BCUT2D eigenvalue weighted by Gasteiger charge is -2.33. The molecule has 3 N–H and O–H groups in total. The van der Waals surface area contributed by atoms with Gasteiger partial charge in [-0.2, -0.15) is 0 Å². The van der Waals surface area contributed by atoms with Gasteiger partial charge in [-0.3, -0.25) is 11.3 Å². The number of hydrazine groups is 1. The molecular weight excluding hydrogens is 323 g/mol. The van der Waals surface area contributed by atoms with Crippen molar-refractivity contribution in [3.05, 3.63) is 34.1 Å². The molecule has 0 amide bonds. The number of nitrogens with two attached hydrogens (primary N) is 1. The molecule has 1 aromatic carbocycles. The van der Waals surface area contributed by atoms with Gasteiger partial charge in [0.25, 0.3) is 0 Å². The third-order valence-electron chi connectivity index (χ3n) is 4.04. The average molecular weight is 345 g/mol. The zero-order valence-corrected chi connectivity index (χ0v) is 13.9. The molecule has 0 radical (unpaired) electrons. The number of nitrogens with one attached hydrogen (secondary N) is 1. The van der Waals surface area contributed by atoms with Crippen molar-refractivity contribution < 1.29 is 9.13 Å². The fraction of sp³-hybridized carbons (Fsp3) is 0.600. The molecular formula is C15H22BrFN2O. The molecule has 1 saturated heterocycles. The lowest BCUT2D eigenvalue weighted by Crippen LogP contribution is -2.41. The summed E-state index contributed by atoms with van der Waals surface area (Å²) in [6, 6.07) is 4.66. The SMILES string of the molecule is CC1(C)CC(C(NN)c2c(F)cccc2Br)C(C)(C)O1. The Hall–Kier alpha value is -0.490. The van der Waals surface area contributed by atoms with Gasteiger partial charge in [0.1, 0.15) is 5.82 Å². The maximum Gasteiger partial charge on any atom is 0.129 e. The van der Waals surface area contributed by atoms with E-state index < -0.39 is 0 Å². The van der Waals surface area contributed by atoms with Crippen LogP contribution in [0.25, 0.3) is 0 Å². The summed E-state index contributed by atoms with van der Waals surface area (Å²) in [6.45, 7) is 8.18. The Bertz CT molecular complexity index is 484. The summed E-state index contributed by atoms with van der Waals surface area (Å²) in [5.41, 5.74) is 2.74. The maximum absolute atomic E-state index is 14.2. The second-order valence-corrected chi connectivity index (χ2v) is 7.41. The number of rotatable bonds is 3. The van der Waals surface area contributed by atoms with Crippen molar-refractivity contribution in [2.75, 3.05) is 0 Å². The molecule has 0 aromatic heterocycles. The zero-order valence-electron chi connectivity index (χ0n) is 12.3. The Morgan fingerprint density at radius 3 is 2.50 bits per heavy atom. The van der Waals surface area contributed by atoms with E-state index in [9.17, 15) is 4.39 Å². The first-order chi connectivity index (χ1) is 9.18. The van der Waals surface area contributed by atoms with Crippen LogP contribution in [0.4, 0.5) is 4.39 Å². The van der Waals surface area contributed by atoms with Gasteiger partial charge in [0.05, 0.1) is 17.2 Å². The quantitative estimate of drug-likeness (QED) is 0.649. The van der Waals surface area contributed by atoms with Crippen LogP contribution in [-0.4, -0.2) is 11.2 Å². The van der Waals surface area contributed by atoms with Gasteiger partial charge in [0.15, 0.2) is 0 Å². The smallest absolute Gasteiger partial charge is 0.129 e. The van der Waals surface area contributed by atoms with Crippen LogP contribution in [-0.2, 0) is 4.74 Å². The molecule has 2 rings (SSSR count). The molecule has 112 valence electrons. The molecule has 2 atom stereocenters. The number of hydrogen-bond donors (Lipinski definition) is 2. The highest BCUT2D eigenvalue weighted by Crippen LogP contribution is 2.48. The molecule has 3 nitrogen and oxygen atoms in total. The van der Waals surface area contributed by atoms with E-state index in [1.165, 1.54) is 6.07 Å². The van der Waals surface area contributed by atoms with Gasteiger partial charge in [-0.25, -0.2) is 4.39 Å². The van der Waals surface area contributed by atoms with E-state index in [0.29, 0.717) is 5.56 Å². The first-order valence-corrected chi connectivity index (χ1v) is 7.57. The van der Waals surface area contributed by atoms with Crippen molar-refractivity contribution in [1.82, 2.24) is 5.43 Å². The maximum atomic E-state index is 14.2. The molecule has 1 fully saturated rings. The van der Waals surface area contributed by atoms with Gasteiger partial charge < -0.3 is 4.74 Å². The number of hydrogen-bond acceptors (Lipinski definition) is 3. The Morgan fingerprint density at radius 2 is 2.05 bits per heavy atom. The number of ether oxygens (including phenoxy) is 1. The third kappa shape index (κ3) is 2.91. The normalized spacial score (nSPS) is 25.6. The molecule has 1 heterocycles. The minimum Gasteiger partial charge on any atom is -0.369 e. The van der Waals surface area contributed by atoms with Crippen LogP contribution in [0.3, 0.4) is 0 Å². The summed E-state index contributed by atoms with van der Waals surface area (Å²) in [5.74, 6) is 5.56. The van der Waals surface area contributed by atoms with E-state index in [0.717, 1.165) is 10.9 Å². The fourth-order valence-corrected chi connectivity index (χ4v) is 3.92. The van der Waals surface area contributed by atoms with Crippen molar-refractivity contribution >= 4 is 15.9 Å². The summed E-state index contributed by atoms with van der Waals surface area (Å²) in [7, 11) is 0. The van der Waals surface area contributed by atoms with Gasteiger partial charge >= 0.3 is 0 Å². The van der Waals surface area contributed by atoms with Gasteiger partial charge in [-0.05, 0) is 46.2 Å². The Balaban J connectivity index is 2.43. The topological polar surface area (TPSA) is 47.3 Å². The lowest BCUT2D eigenvalue weighted by atomic mass is 9.79. The molecule has 2 unspecified atom stereocenters. The predicted octanol–water partition coefficient (Wildman–Crippen LogP) is 3.69. The molecule has 0 saturated carbocycles. The standard InChI is InChI=1S/C15H22BrFN2O/c1-14(2)8-9(15(3,4)20-14)13(19-18)12-10(16)6-5-7-11(12)17/h5-7,9,13,19H,8,18H2,1-4H3. The van der Waals surface area contributed by atoms with E-state index in [4.69, 9.17) is 10.6 Å². The van der Waals surface area contributed by atoms with Crippen LogP contribution < -0.4 is 11.3 Å². The van der Waals surface area contributed by atoms with Gasteiger partial charge in [-0.1, -0.05) is 22.0 Å². The van der Waals surface area contributed by atoms with Crippen LogP contribution in [0.1, 0.15) is 45.7 Å². The molecule has 20 heavy (non-hydrogen) atoms. The van der Waals surface area contributed by atoms with Crippen molar-refractivity contribution in [2.45, 2.75) is 51.4 Å². The summed E-state index contributed by atoms with van der Waals surface area (Å²) < 4.78 is 21.0. The van der Waals surface area contributed by atoms with E-state index in [1.807, 2.05) is 19.9 Å². The Labute approximate surface area is 128 Å². The van der Waals surface area contributed by atoms with E-state index >= 15 is 0 Å². The summed E-state index contributed by atoms with van der Waals surface area (Å²) in [6.07, 6.45) is 0.815. The van der Waals surface area contributed by atoms with Crippen LogP contribution in [0.15, 0.2) is 22.7 Å². The molecule has 1 aliphatic rings. The van der Waals surface area contributed by atoms with E-state index in [2.05, 4.69) is 35.2 Å². The largest absolute Gasteiger partial charge is 0.369 e. The second-order valence-electron chi connectivity index (χ2n) is 6.56. The van der Waals surface area contributed by atoms with Crippen molar-refractivity contribution in [3.63, 3.8) is 0 Å². The highest BCUT2D eigenvalue weighted by Gasteiger charge is 2.49. The molecule has 5 heteroatoms. The van der Waals surface area contributed by atoms with Crippen molar-refractivity contribution in [1.29, 1.82) is 0 Å². The second kappa shape index (κ2) is 5.37. The highest BCUT2D eigenvalue weighted by molar-refractivity contribution is 9.10. The van der Waals surface area contributed by atoms with Gasteiger partial charge in [-0.15, -0.1) is 0 Å². The van der Waals surface area contributed by atoms with Gasteiger partial charge in [0, 0.05) is 16.0 Å². The highest BCUT2D eigenvalue weighted by atomic mass is 79.9. The minimum atomic E-state index is -0.373. The summed E-state index contributed by atoms with van der Waals surface area (Å²) in [5, 5.41) is 0. The fourth-order valence-electron chi connectivity index (χ4n) is 3.33. The van der Waals surface area contributed by atoms with E-state index in [1.54, 1.807) is 6.07 Å². The van der Waals surface area contributed by atoms with Crippen LogP contribution in [0, 0.1) is 11.7 Å². The average Bonchev–Trinajstić information content (AvgIpc) is 2.52. The lowest BCUT2D eigenvalue weighted by molar-refractivity contribution is -0.0780.